The van der Waals surface area contributed by atoms with Gasteiger partial charge in [0, 0.05) is 25.3 Å². The SMILES string of the molecule is COc1cccc(-n2c(CC3CCCO3)nc3cccnc32)c1. The molecule has 2 aromatic heterocycles. The molecule has 4 rings (SSSR count). The third-order valence-electron chi connectivity index (χ3n) is 4.23. The van der Waals surface area contributed by atoms with Crippen molar-refractivity contribution >= 4 is 11.2 Å². The summed E-state index contributed by atoms with van der Waals surface area (Å²) in [5.74, 6) is 1.81. The van der Waals surface area contributed by atoms with Crippen LogP contribution in [0.2, 0.25) is 0 Å². The molecule has 1 saturated heterocycles. The van der Waals surface area contributed by atoms with Crippen LogP contribution in [0.5, 0.6) is 5.75 Å². The maximum Gasteiger partial charge on any atom is 0.164 e. The number of pyridine rings is 1. The molecular formula is C18H19N3O2. The smallest absolute Gasteiger partial charge is 0.164 e. The van der Waals surface area contributed by atoms with E-state index in [0.29, 0.717) is 0 Å². The normalized spacial score (nSPS) is 17.7. The molecule has 0 aliphatic carbocycles. The van der Waals surface area contributed by atoms with Gasteiger partial charge in [0.2, 0.25) is 0 Å². The Balaban J connectivity index is 1.84. The molecular weight excluding hydrogens is 290 g/mol. The number of hydrogen-bond donors (Lipinski definition) is 0. The number of ether oxygens (including phenoxy) is 2. The fourth-order valence-electron chi connectivity index (χ4n) is 3.13. The molecule has 1 unspecified atom stereocenters. The number of benzene rings is 1. The van der Waals surface area contributed by atoms with E-state index in [0.717, 1.165) is 54.3 Å². The third-order valence-corrected chi connectivity index (χ3v) is 4.23. The van der Waals surface area contributed by atoms with Crippen LogP contribution in [0.4, 0.5) is 0 Å². The molecule has 0 spiro atoms. The summed E-state index contributed by atoms with van der Waals surface area (Å²) >= 11 is 0. The summed E-state index contributed by atoms with van der Waals surface area (Å²) in [6.45, 7) is 0.850. The van der Waals surface area contributed by atoms with E-state index in [1.54, 1.807) is 13.3 Å². The fraction of sp³-hybridized carbons (Fsp3) is 0.333. The second-order valence-corrected chi connectivity index (χ2v) is 5.75. The number of rotatable bonds is 4. The zero-order valence-corrected chi connectivity index (χ0v) is 13.1. The number of imidazole rings is 1. The molecule has 5 nitrogen and oxygen atoms in total. The number of aromatic nitrogens is 3. The Morgan fingerprint density at radius 1 is 1.30 bits per heavy atom. The van der Waals surface area contributed by atoms with Gasteiger partial charge in [-0.1, -0.05) is 6.07 Å². The summed E-state index contributed by atoms with van der Waals surface area (Å²) in [6.07, 6.45) is 5.07. The first kappa shape index (κ1) is 14.2. The molecule has 118 valence electrons. The van der Waals surface area contributed by atoms with Crippen molar-refractivity contribution in [1.29, 1.82) is 0 Å². The lowest BCUT2D eigenvalue weighted by atomic mass is 10.1. The van der Waals surface area contributed by atoms with Crippen LogP contribution < -0.4 is 4.74 Å². The maximum atomic E-state index is 5.79. The van der Waals surface area contributed by atoms with Gasteiger partial charge < -0.3 is 9.47 Å². The summed E-state index contributed by atoms with van der Waals surface area (Å²) in [4.78, 5) is 9.31. The van der Waals surface area contributed by atoms with Gasteiger partial charge in [0.15, 0.2) is 5.65 Å². The van der Waals surface area contributed by atoms with Crippen LogP contribution in [-0.2, 0) is 11.2 Å². The highest BCUT2D eigenvalue weighted by atomic mass is 16.5. The number of nitrogens with zero attached hydrogens (tertiary/aromatic N) is 3. The van der Waals surface area contributed by atoms with Gasteiger partial charge in [-0.2, -0.15) is 0 Å². The fourth-order valence-corrected chi connectivity index (χ4v) is 3.13. The van der Waals surface area contributed by atoms with E-state index in [9.17, 15) is 0 Å². The second-order valence-electron chi connectivity index (χ2n) is 5.75. The highest BCUT2D eigenvalue weighted by Gasteiger charge is 2.21. The minimum atomic E-state index is 0.246. The van der Waals surface area contributed by atoms with Gasteiger partial charge >= 0.3 is 0 Å². The lowest BCUT2D eigenvalue weighted by Crippen LogP contribution is -2.13. The van der Waals surface area contributed by atoms with Crippen molar-refractivity contribution in [2.75, 3.05) is 13.7 Å². The zero-order valence-electron chi connectivity index (χ0n) is 13.1. The standard InChI is InChI=1S/C18H19N3O2/c1-22-14-6-2-5-13(11-14)21-17(12-15-7-4-10-23-15)20-16-8-3-9-19-18(16)21/h2-3,5-6,8-9,11,15H,4,7,10,12H2,1H3. The van der Waals surface area contributed by atoms with Crippen LogP contribution >= 0.6 is 0 Å². The van der Waals surface area contributed by atoms with Crippen LogP contribution in [0.15, 0.2) is 42.6 Å². The van der Waals surface area contributed by atoms with Crippen molar-refractivity contribution in [2.24, 2.45) is 0 Å². The molecule has 0 saturated carbocycles. The van der Waals surface area contributed by atoms with E-state index in [-0.39, 0.29) is 6.10 Å². The summed E-state index contributed by atoms with van der Waals surface area (Å²) in [5.41, 5.74) is 2.79. The maximum absolute atomic E-state index is 5.79. The van der Waals surface area contributed by atoms with E-state index < -0.39 is 0 Å². The van der Waals surface area contributed by atoms with Gasteiger partial charge in [-0.05, 0) is 37.1 Å². The molecule has 1 aliphatic rings. The molecule has 3 heterocycles. The van der Waals surface area contributed by atoms with Crippen LogP contribution in [0.3, 0.4) is 0 Å². The van der Waals surface area contributed by atoms with Gasteiger partial charge in [-0.15, -0.1) is 0 Å². The molecule has 1 aliphatic heterocycles. The zero-order chi connectivity index (χ0) is 15.6. The van der Waals surface area contributed by atoms with E-state index in [2.05, 4.69) is 15.6 Å². The highest BCUT2D eigenvalue weighted by molar-refractivity contribution is 5.74. The van der Waals surface area contributed by atoms with Gasteiger partial charge in [-0.3, -0.25) is 4.57 Å². The Bertz CT molecular complexity index is 822. The van der Waals surface area contributed by atoms with Crippen molar-refractivity contribution in [2.45, 2.75) is 25.4 Å². The minimum Gasteiger partial charge on any atom is -0.497 e. The molecule has 3 aromatic rings. The van der Waals surface area contributed by atoms with Crippen molar-refractivity contribution < 1.29 is 9.47 Å². The van der Waals surface area contributed by atoms with Gasteiger partial charge in [0.25, 0.3) is 0 Å². The largest absolute Gasteiger partial charge is 0.497 e. The molecule has 0 radical (unpaired) electrons. The third kappa shape index (κ3) is 2.68. The van der Waals surface area contributed by atoms with Gasteiger partial charge in [-0.25, -0.2) is 9.97 Å². The van der Waals surface area contributed by atoms with Crippen molar-refractivity contribution in [3.63, 3.8) is 0 Å². The summed E-state index contributed by atoms with van der Waals surface area (Å²) < 4.78 is 13.3. The highest BCUT2D eigenvalue weighted by Crippen LogP contribution is 2.25. The Labute approximate surface area is 134 Å². The summed E-state index contributed by atoms with van der Waals surface area (Å²) in [6, 6.07) is 11.9. The van der Waals surface area contributed by atoms with Crippen LogP contribution in [0.1, 0.15) is 18.7 Å². The van der Waals surface area contributed by atoms with Crippen molar-refractivity contribution in [1.82, 2.24) is 14.5 Å². The molecule has 0 amide bonds. The molecule has 1 fully saturated rings. The Morgan fingerprint density at radius 3 is 3.09 bits per heavy atom. The Morgan fingerprint density at radius 2 is 2.26 bits per heavy atom. The minimum absolute atomic E-state index is 0.246. The van der Waals surface area contributed by atoms with Crippen LogP contribution in [0, 0.1) is 0 Å². The van der Waals surface area contributed by atoms with Crippen molar-refractivity contribution in [3.8, 4) is 11.4 Å². The Kier molecular flexibility index (Phi) is 3.71. The predicted molar refractivity (Wildman–Crippen MR) is 88.1 cm³/mol. The first-order valence-electron chi connectivity index (χ1n) is 7.93. The molecule has 1 aromatic carbocycles. The van der Waals surface area contributed by atoms with Crippen molar-refractivity contribution in [3.05, 3.63) is 48.4 Å². The molecule has 23 heavy (non-hydrogen) atoms. The lowest BCUT2D eigenvalue weighted by Gasteiger charge is -2.13. The van der Waals surface area contributed by atoms with Gasteiger partial charge in [0.1, 0.15) is 17.1 Å². The average Bonchev–Trinajstić information content (AvgIpc) is 3.22. The van der Waals surface area contributed by atoms with E-state index in [1.165, 1.54) is 0 Å². The quantitative estimate of drug-likeness (QED) is 0.743. The monoisotopic (exact) mass is 309 g/mol. The topological polar surface area (TPSA) is 49.2 Å². The average molecular weight is 309 g/mol. The van der Waals surface area contributed by atoms with E-state index in [1.807, 2.05) is 30.3 Å². The lowest BCUT2D eigenvalue weighted by molar-refractivity contribution is 0.109. The first-order chi connectivity index (χ1) is 11.3. The number of hydrogen-bond acceptors (Lipinski definition) is 4. The number of fused-ring (bicyclic) bond motifs is 1. The van der Waals surface area contributed by atoms with Gasteiger partial charge in [0.05, 0.1) is 18.9 Å². The molecule has 1 atom stereocenters. The summed E-state index contributed by atoms with van der Waals surface area (Å²) in [5, 5.41) is 0. The van der Waals surface area contributed by atoms with Crippen LogP contribution in [-0.4, -0.2) is 34.4 Å². The van der Waals surface area contributed by atoms with E-state index in [4.69, 9.17) is 14.5 Å². The Hall–Kier alpha value is -2.40. The second kappa shape index (κ2) is 6.01. The van der Waals surface area contributed by atoms with Crippen LogP contribution in [0.25, 0.3) is 16.9 Å². The molecule has 0 bridgehead atoms. The summed E-state index contributed by atoms with van der Waals surface area (Å²) in [7, 11) is 1.68. The predicted octanol–water partition coefficient (Wildman–Crippen LogP) is 3.15. The molecule has 5 heteroatoms. The first-order valence-corrected chi connectivity index (χ1v) is 7.93. The van der Waals surface area contributed by atoms with E-state index >= 15 is 0 Å². The number of methoxy groups -OCH3 is 1. The molecule has 0 N–H and O–H groups in total.